The van der Waals surface area contributed by atoms with E-state index in [1.807, 2.05) is 17.7 Å². The third-order valence-corrected chi connectivity index (χ3v) is 2.18. The Labute approximate surface area is 93.7 Å². The number of rotatable bonds is 3. The minimum atomic E-state index is 0.562. The van der Waals surface area contributed by atoms with E-state index >= 15 is 0 Å². The third-order valence-electron chi connectivity index (χ3n) is 2.18. The van der Waals surface area contributed by atoms with E-state index in [-0.39, 0.29) is 0 Å². The molecule has 16 heavy (non-hydrogen) atoms. The van der Waals surface area contributed by atoms with Gasteiger partial charge in [0.05, 0.1) is 24.2 Å². The van der Waals surface area contributed by atoms with Crippen LogP contribution in [0.5, 0.6) is 11.6 Å². The summed E-state index contributed by atoms with van der Waals surface area (Å²) in [6, 6.07) is 8.99. The Hall–Kier alpha value is -2.28. The minimum Gasteiger partial charge on any atom is -0.438 e. The second kappa shape index (κ2) is 4.49. The molecule has 4 nitrogen and oxygen atoms in total. The number of aromatic nitrogens is 2. The predicted molar refractivity (Wildman–Crippen MR) is 59.1 cm³/mol. The molecule has 0 fully saturated rings. The van der Waals surface area contributed by atoms with Crippen molar-refractivity contribution >= 4 is 0 Å². The molecule has 2 aromatic rings. The van der Waals surface area contributed by atoms with Gasteiger partial charge in [0.15, 0.2) is 0 Å². The lowest BCUT2D eigenvalue weighted by Crippen LogP contribution is -1.87. The van der Waals surface area contributed by atoms with E-state index in [9.17, 15) is 0 Å². The Morgan fingerprint density at radius 1 is 1.38 bits per heavy atom. The summed E-state index contributed by atoms with van der Waals surface area (Å²) >= 11 is 0. The van der Waals surface area contributed by atoms with Crippen molar-refractivity contribution in [1.82, 2.24) is 9.55 Å². The molecule has 0 saturated heterocycles. The molecule has 0 aliphatic rings. The maximum absolute atomic E-state index is 8.65. The standard InChI is InChI=1S/C12H11N3O/c1-2-15-8-12(14-9-15)16-11-5-3-10(7-13)4-6-11/h3-6,8-9H,2H2,1H3. The SMILES string of the molecule is CCn1cnc(Oc2ccc(C#N)cc2)c1. The molecule has 0 spiro atoms. The maximum Gasteiger partial charge on any atom is 0.237 e. The van der Waals surface area contributed by atoms with Crippen LogP contribution in [0.3, 0.4) is 0 Å². The highest BCUT2D eigenvalue weighted by atomic mass is 16.5. The first-order chi connectivity index (χ1) is 7.81. The van der Waals surface area contributed by atoms with E-state index in [4.69, 9.17) is 10.00 Å². The number of ether oxygens (including phenoxy) is 1. The number of hydrogen-bond acceptors (Lipinski definition) is 3. The van der Waals surface area contributed by atoms with Crippen LogP contribution in [-0.4, -0.2) is 9.55 Å². The lowest BCUT2D eigenvalue weighted by atomic mass is 10.2. The van der Waals surface area contributed by atoms with Gasteiger partial charge in [-0.1, -0.05) is 0 Å². The van der Waals surface area contributed by atoms with Crippen LogP contribution in [-0.2, 0) is 6.54 Å². The Bertz CT molecular complexity index is 508. The normalized spacial score (nSPS) is 9.75. The van der Waals surface area contributed by atoms with Crippen molar-refractivity contribution in [3.05, 3.63) is 42.4 Å². The molecule has 0 unspecified atom stereocenters. The Morgan fingerprint density at radius 2 is 2.12 bits per heavy atom. The van der Waals surface area contributed by atoms with E-state index in [0.717, 1.165) is 6.54 Å². The van der Waals surface area contributed by atoms with Crippen LogP contribution in [0.2, 0.25) is 0 Å². The third kappa shape index (κ3) is 2.20. The molecule has 2 rings (SSSR count). The Morgan fingerprint density at radius 3 is 2.69 bits per heavy atom. The second-order valence-corrected chi connectivity index (χ2v) is 3.28. The van der Waals surface area contributed by atoms with E-state index in [1.54, 1.807) is 30.6 Å². The van der Waals surface area contributed by atoms with Crippen LogP contribution in [0.25, 0.3) is 0 Å². The maximum atomic E-state index is 8.65. The van der Waals surface area contributed by atoms with Crippen molar-refractivity contribution < 1.29 is 4.74 Å². The number of hydrogen-bond donors (Lipinski definition) is 0. The van der Waals surface area contributed by atoms with Gasteiger partial charge in [-0.05, 0) is 31.2 Å². The molecular formula is C12H11N3O. The second-order valence-electron chi connectivity index (χ2n) is 3.28. The minimum absolute atomic E-state index is 0.562. The van der Waals surface area contributed by atoms with Gasteiger partial charge in [0.25, 0.3) is 0 Å². The molecule has 1 aromatic heterocycles. The summed E-state index contributed by atoms with van der Waals surface area (Å²) in [5, 5.41) is 8.65. The Balaban J connectivity index is 2.11. The first-order valence-electron chi connectivity index (χ1n) is 5.01. The lowest BCUT2D eigenvalue weighted by molar-refractivity contribution is 0.464. The summed E-state index contributed by atoms with van der Waals surface area (Å²) in [5.74, 6) is 1.24. The van der Waals surface area contributed by atoms with Crippen LogP contribution in [0.4, 0.5) is 0 Å². The molecule has 0 atom stereocenters. The van der Waals surface area contributed by atoms with Gasteiger partial charge in [-0.25, -0.2) is 4.98 Å². The smallest absolute Gasteiger partial charge is 0.237 e. The average molecular weight is 213 g/mol. The van der Waals surface area contributed by atoms with Crippen molar-refractivity contribution in [3.8, 4) is 17.7 Å². The zero-order valence-electron chi connectivity index (χ0n) is 8.92. The molecule has 0 radical (unpaired) electrons. The van der Waals surface area contributed by atoms with Crippen molar-refractivity contribution in [3.63, 3.8) is 0 Å². The van der Waals surface area contributed by atoms with Gasteiger partial charge in [-0.3, -0.25) is 0 Å². The molecule has 0 saturated carbocycles. The van der Waals surface area contributed by atoms with Gasteiger partial charge < -0.3 is 9.30 Å². The quantitative estimate of drug-likeness (QED) is 0.787. The van der Waals surface area contributed by atoms with E-state index in [0.29, 0.717) is 17.2 Å². The summed E-state index contributed by atoms with van der Waals surface area (Å²) in [4.78, 5) is 4.10. The van der Waals surface area contributed by atoms with Crippen molar-refractivity contribution in [2.75, 3.05) is 0 Å². The van der Waals surface area contributed by atoms with E-state index in [2.05, 4.69) is 11.1 Å². The summed E-state index contributed by atoms with van der Waals surface area (Å²) in [6.45, 7) is 2.90. The molecule has 0 N–H and O–H groups in total. The number of nitrogens with zero attached hydrogens (tertiary/aromatic N) is 3. The number of aryl methyl sites for hydroxylation is 1. The number of imidazole rings is 1. The number of nitriles is 1. The topological polar surface area (TPSA) is 50.8 Å². The summed E-state index contributed by atoms with van der Waals surface area (Å²) < 4.78 is 7.45. The largest absolute Gasteiger partial charge is 0.438 e. The highest BCUT2D eigenvalue weighted by Gasteiger charge is 2.00. The molecule has 1 heterocycles. The zero-order chi connectivity index (χ0) is 11.4. The zero-order valence-corrected chi connectivity index (χ0v) is 8.92. The van der Waals surface area contributed by atoms with Crippen molar-refractivity contribution in [2.45, 2.75) is 13.5 Å². The fourth-order valence-corrected chi connectivity index (χ4v) is 1.28. The summed E-state index contributed by atoms with van der Waals surface area (Å²) in [7, 11) is 0. The van der Waals surface area contributed by atoms with Gasteiger partial charge in [0.2, 0.25) is 5.88 Å². The predicted octanol–water partition coefficient (Wildman–Crippen LogP) is 2.57. The fourth-order valence-electron chi connectivity index (χ4n) is 1.28. The molecular weight excluding hydrogens is 202 g/mol. The van der Waals surface area contributed by atoms with Crippen LogP contribution in [0.15, 0.2) is 36.8 Å². The molecule has 4 heteroatoms. The highest BCUT2D eigenvalue weighted by Crippen LogP contribution is 2.19. The summed E-state index contributed by atoms with van der Waals surface area (Å²) in [6.07, 6.45) is 3.55. The first-order valence-corrected chi connectivity index (χ1v) is 5.01. The van der Waals surface area contributed by atoms with E-state index in [1.165, 1.54) is 0 Å². The highest BCUT2D eigenvalue weighted by molar-refractivity contribution is 5.35. The fraction of sp³-hybridized carbons (Fsp3) is 0.167. The van der Waals surface area contributed by atoms with Gasteiger partial charge in [-0.15, -0.1) is 0 Å². The van der Waals surface area contributed by atoms with Crippen LogP contribution in [0.1, 0.15) is 12.5 Å². The van der Waals surface area contributed by atoms with Gasteiger partial charge in [0, 0.05) is 6.54 Å². The number of benzene rings is 1. The molecule has 80 valence electrons. The van der Waals surface area contributed by atoms with Gasteiger partial charge >= 0.3 is 0 Å². The molecule has 0 aliphatic heterocycles. The molecule has 0 bridgehead atoms. The summed E-state index contributed by atoms with van der Waals surface area (Å²) in [5.41, 5.74) is 0.617. The molecule has 1 aromatic carbocycles. The van der Waals surface area contributed by atoms with E-state index < -0.39 is 0 Å². The van der Waals surface area contributed by atoms with Gasteiger partial charge in [0.1, 0.15) is 5.75 Å². The van der Waals surface area contributed by atoms with Crippen LogP contribution < -0.4 is 4.74 Å². The lowest BCUT2D eigenvalue weighted by Gasteiger charge is -2.00. The van der Waals surface area contributed by atoms with Gasteiger partial charge in [-0.2, -0.15) is 5.26 Å². The average Bonchev–Trinajstić information content (AvgIpc) is 2.78. The molecule has 0 aliphatic carbocycles. The monoisotopic (exact) mass is 213 g/mol. The Kier molecular flexibility index (Phi) is 2.88. The van der Waals surface area contributed by atoms with Crippen molar-refractivity contribution in [2.24, 2.45) is 0 Å². The van der Waals surface area contributed by atoms with Crippen LogP contribution in [0, 0.1) is 11.3 Å². The van der Waals surface area contributed by atoms with Crippen LogP contribution >= 0.6 is 0 Å². The van der Waals surface area contributed by atoms with Crippen molar-refractivity contribution in [1.29, 1.82) is 5.26 Å². The molecule has 0 amide bonds. The first kappa shape index (κ1) is 10.2.